The van der Waals surface area contributed by atoms with E-state index in [2.05, 4.69) is 6.92 Å². The first-order chi connectivity index (χ1) is 5.84. The van der Waals surface area contributed by atoms with Crippen LogP contribution in [-0.2, 0) is 0 Å². The zero-order valence-corrected chi connectivity index (χ0v) is 8.84. The summed E-state index contributed by atoms with van der Waals surface area (Å²) in [6, 6.07) is 0. The van der Waals surface area contributed by atoms with Gasteiger partial charge in [0.2, 0.25) is 0 Å². The van der Waals surface area contributed by atoms with Gasteiger partial charge in [-0.3, -0.25) is 0 Å². The molecule has 0 aliphatic heterocycles. The van der Waals surface area contributed by atoms with Crippen molar-refractivity contribution in [2.24, 2.45) is 11.8 Å². The van der Waals surface area contributed by atoms with Crippen molar-refractivity contribution in [3.8, 4) is 0 Å². The number of hydrogen-bond acceptors (Lipinski definition) is 1. The Bertz CT molecular complexity index is 85.0. The van der Waals surface area contributed by atoms with Gasteiger partial charge in [0.1, 0.15) is 0 Å². The van der Waals surface area contributed by atoms with Crippen LogP contribution in [0.25, 0.3) is 0 Å². The first-order valence-electron chi connectivity index (χ1n) is 5.45. The third-order valence-electron chi connectivity index (χ3n) is 2.74. The molecule has 0 saturated heterocycles. The highest BCUT2D eigenvalue weighted by Gasteiger charge is 2.18. The van der Waals surface area contributed by atoms with Gasteiger partial charge in [0, 0.05) is 6.61 Å². The molecule has 0 aromatic heterocycles. The molecule has 1 unspecified atom stereocenters. The molecule has 1 aliphatic rings. The molecule has 1 fully saturated rings. The molecule has 0 radical (unpaired) electrons. The molecule has 0 bridgehead atoms. The van der Waals surface area contributed by atoms with Crippen LogP contribution in [0.5, 0.6) is 0 Å². The molecule has 1 N–H and O–H groups in total. The molecule has 1 nitrogen and oxygen atoms in total. The van der Waals surface area contributed by atoms with Gasteiger partial charge >= 0.3 is 0 Å². The molecule has 1 rings (SSSR count). The van der Waals surface area contributed by atoms with Gasteiger partial charge in [0.05, 0.1) is 0 Å². The van der Waals surface area contributed by atoms with Gasteiger partial charge in [-0.1, -0.05) is 52.9 Å². The number of rotatable bonds is 2. The largest absolute Gasteiger partial charge is 0.396 e. The topological polar surface area (TPSA) is 20.2 Å². The van der Waals surface area contributed by atoms with Gasteiger partial charge in [-0.2, -0.15) is 0 Å². The van der Waals surface area contributed by atoms with Crippen LogP contribution >= 0.6 is 0 Å². The van der Waals surface area contributed by atoms with Crippen LogP contribution in [0.1, 0.15) is 52.9 Å². The van der Waals surface area contributed by atoms with Crippen molar-refractivity contribution in [2.45, 2.75) is 52.9 Å². The molecule has 1 atom stereocenters. The molecule has 1 heteroatoms. The van der Waals surface area contributed by atoms with Crippen LogP contribution in [0.15, 0.2) is 0 Å². The molecule has 12 heavy (non-hydrogen) atoms. The van der Waals surface area contributed by atoms with E-state index in [0.29, 0.717) is 12.5 Å². The van der Waals surface area contributed by atoms with Crippen molar-refractivity contribution in [1.82, 2.24) is 0 Å². The maximum absolute atomic E-state index is 8.89. The van der Waals surface area contributed by atoms with Crippen molar-refractivity contribution in [3.63, 3.8) is 0 Å². The van der Waals surface area contributed by atoms with Crippen LogP contribution in [-0.4, -0.2) is 11.7 Å². The molecule has 0 aromatic carbocycles. The highest BCUT2D eigenvalue weighted by molar-refractivity contribution is 4.70. The van der Waals surface area contributed by atoms with E-state index >= 15 is 0 Å². The fourth-order valence-electron chi connectivity index (χ4n) is 1.85. The molecule has 0 amide bonds. The summed E-state index contributed by atoms with van der Waals surface area (Å²) in [6.07, 6.45) is 6.88. The van der Waals surface area contributed by atoms with Crippen molar-refractivity contribution in [3.05, 3.63) is 0 Å². The van der Waals surface area contributed by atoms with Gasteiger partial charge in [0.25, 0.3) is 0 Å². The zero-order chi connectivity index (χ0) is 9.40. The molecular weight excluding hydrogens is 148 g/mol. The summed E-state index contributed by atoms with van der Waals surface area (Å²) in [5.41, 5.74) is 0. The van der Waals surface area contributed by atoms with Gasteiger partial charge in [0.15, 0.2) is 0 Å². The quantitative estimate of drug-likeness (QED) is 0.678. The maximum Gasteiger partial charge on any atom is 0.0459 e. The molecule has 1 saturated carbocycles. The zero-order valence-electron chi connectivity index (χ0n) is 8.84. The predicted octanol–water partition coefficient (Wildman–Crippen LogP) is 3.22. The molecule has 0 spiro atoms. The molecule has 0 aromatic rings. The highest BCUT2D eigenvalue weighted by Crippen LogP contribution is 2.29. The monoisotopic (exact) mass is 172 g/mol. The summed E-state index contributed by atoms with van der Waals surface area (Å²) in [7, 11) is 0. The molecular formula is C11H24O. The first-order valence-corrected chi connectivity index (χ1v) is 5.45. The lowest BCUT2D eigenvalue weighted by Gasteiger charge is -2.25. The Morgan fingerprint density at radius 1 is 1.17 bits per heavy atom. The lowest BCUT2D eigenvalue weighted by Crippen LogP contribution is -2.17. The van der Waals surface area contributed by atoms with Crippen LogP contribution in [0, 0.1) is 11.8 Å². The summed E-state index contributed by atoms with van der Waals surface area (Å²) < 4.78 is 0. The smallest absolute Gasteiger partial charge is 0.0459 e. The lowest BCUT2D eigenvalue weighted by atomic mass is 9.81. The van der Waals surface area contributed by atoms with Gasteiger partial charge in [-0.05, 0) is 11.8 Å². The van der Waals surface area contributed by atoms with Gasteiger partial charge in [-0.15, -0.1) is 0 Å². The molecule has 1 aliphatic carbocycles. The molecule has 0 heterocycles. The number of aliphatic hydroxyl groups excluding tert-OH is 1. The van der Waals surface area contributed by atoms with Crippen molar-refractivity contribution in [1.29, 1.82) is 0 Å². The van der Waals surface area contributed by atoms with Crippen molar-refractivity contribution >= 4 is 0 Å². The Kier molecular flexibility index (Phi) is 7.58. The first kappa shape index (κ1) is 12.0. The van der Waals surface area contributed by atoms with E-state index in [-0.39, 0.29) is 0 Å². The Balaban J connectivity index is 0.000000561. The van der Waals surface area contributed by atoms with E-state index in [1.165, 1.54) is 32.1 Å². The second-order valence-corrected chi connectivity index (χ2v) is 3.56. The van der Waals surface area contributed by atoms with E-state index < -0.39 is 0 Å². The predicted molar refractivity (Wildman–Crippen MR) is 54.2 cm³/mol. The van der Waals surface area contributed by atoms with Crippen LogP contribution in [0.4, 0.5) is 0 Å². The summed E-state index contributed by atoms with van der Waals surface area (Å²) in [5, 5.41) is 8.89. The minimum absolute atomic E-state index is 0.380. The minimum atomic E-state index is 0.380. The van der Waals surface area contributed by atoms with Crippen LogP contribution < -0.4 is 0 Å². The number of aliphatic hydroxyl groups is 1. The Labute approximate surface area is 77.2 Å². The number of hydrogen-bond donors (Lipinski definition) is 1. The van der Waals surface area contributed by atoms with Crippen molar-refractivity contribution in [2.75, 3.05) is 6.61 Å². The SMILES string of the molecule is CC.CC(CO)C1CCCCC1. The third kappa shape index (κ3) is 4.10. The normalized spacial score (nSPS) is 21.0. The van der Waals surface area contributed by atoms with Gasteiger partial charge in [-0.25, -0.2) is 0 Å². The Morgan fingerprint density at radius 2 is 1.67 bits per heavy atom. The summed E-state index contributed by atoms with van der Waals surface area (Å²) in [5.74, 6) is 1.36. The maximum atomic E-state index is 8.89. The van der Waals surface area contributed by atoms with Crippen LogP contribution in [0.3, 0.4) is 0 Å². The lowest BCUT2D eigenvalue weighted by molar-refractivity contribution is 0.160. The fourth-order valence-corrected chi connectivity index (χ4v) is 1.85. The molecule has 74 valence electrons. The van der Waals surface area contributed by atoms with E-state index in [9.17, 15) is 0 Å². The average molecular weight is 172 g/mol. The van der Waals surface area contributed by atoms with E-state index in [0.717, 1.165) is 5.92 Å². The average Bonchev–Trinajstić information content (AvgIpc) is 2.21. The second-order valence-electron chi connectivity index (χ2n) is 3.56. The van der Waals surface area contributed by atoms with Crippen molar-refractivity contribution < 1.29 is 5.11 Å². The van der Waals surface area contributed by atoms with E-state index in [1.54, 1.807) is 0 Å². The standard InChI is InChI=1S/C9H18O.C2H6/c1-8(7-10)9-5-3-2-4-6-9;1-2/h8-10H,2-7H2,1H3;1-2H3. The third-order valence-corrected chi connectivity index (χ3v) is 2.74. The summed E-state index contributed by atoms with van der Waals surface area (Å²) in [4.78, 5) is 0. The summed E-state index contributed by atoms with van der Waals surface area (Å²) >= 11 is 0. The fraction of sp³-hybridized carbons (Fsp3) is 1.00. The van der Waals surface area contributed by atoms with E-state index in [1.807, 2.05) is 13.8 Å². The second kappa shape index (κ2) is 7.60. The minimum Gasteiger partial charge on any atom is -0.396 e. The Morgan fingerprint density at radius 3 is 2.08 bits per heavy atom. The highest BCUT2D eigenvalue weighted by atomic mass is 16.3. The summed E-state index contributed by atoms with van der Waals surface area (Å²) in [6.45, 7) is 6.54. The van der Waals surface area contributed by atoms with Crippen LogP contribution in [0.2, 0.25) is 0 Å². The Hall–Kier alpha value is -0.0400. The van der Waals surface area contributed by atoms with Gasteiger partial charge < -0.3 is 5.11 Å². The van der Waals surface area contributed by atoms with E-state index in [4.69, 9.17) is 5.11 Å².